The van der Waals surface area contributed by atoms with Gasteiger partial charge in [0, 0.05) is 13.0 Å². The lowest BCUT2D eigenvalue weighted by Gasteiger charge is -2.36. The Bertz CT molecular complexity index is 1130. The molecule has 2 atom stereocenters. The van der Waals surface area contributed by atoms with Crippen molar-refractivity contribution in [3.8, 4) is 23.0 Å². The van der Waals surface area contributed by atoms with E-state index in [1.807, 2.05) is 36.4 Å². The maximum atomic E-state index is 13.2. The number of rotatable bonds is 3. The number of carbonyl (C=O) groups excluding carboxylic acids is 1. The SMILES string of the molecule is O=C(c1c(O)ccc2ccccc12)N1CC[C@@H](Oc2cccc3c2OCCO3)[C@H](O)C1. The van der Waals surface area contributed by atoms with Gasteiger partial charge in [-0.05, 0) is 29.0 Å². The lowest BCUT2D eigenvalue weighted by atomic mass is 9.99. The predicted octanol–water partition coefficient (Wildman–Crippen LogP) is 2.97. The highest BCUT2D eigenvalue weighted by molar-refractivity contribution is 6.09. The summed E-state index contributed by atoms with van der Waals surface area (Å²) in [6.45, 7) is 1.44. The summed E-state index contributed by atoms with van der Waals surface area (Å²) >= 11 is 0. The number of para-hydroxylation sites is 1. The van der Waals surface area contributed by atoms with Crippen LogP contribution in [0.3, 0.4) is 0 Å². The van der Waals surface area contributed by atoms with Crippen LogP contribution in [0.15, 0.2) is 54.6 Å². The van der Waals surface area contributed by atoms with Crippen molar-refractivity contribution < 1.29 is 29.2 Å². The number of piperidine rings is 1. The molecule has 0 bridgehead atoms. The first-order valence-electron chi connectivity index (χ1n) is 10.3. The number of hydrogen-bond acceptors (Lipinski definition) is 6. The first kappa shape index (κ1) is 19.5. The van der Waals surface area contributed by atoms with Crippen LogP contribution in [0.25, 0.3) is 10.8 Å². The van der Waals surface area contributed by atoms with E-state index >= 15 is 0 Å². The van der Waals surface area contributed by atoms with Gasteiger partial charge in [0.2, 0.25) is 5.75 Å². The zero-order chi connectivity index (χ0) is 21.4. The minimum atomic E-state index is -0.879. The number of aromatic hydroxyl groups is 1. The van der Waals surface area contributed by atoms with Crippen LogP contribution in [0.2, 0.25) is 0 Å². The Hall–Kier alpha value is -3.45. The third-order valence-corrected chi connectivity index (χ3v) is 5.74. The lowest BCUT2D eigenvalue weighted by molar-refractivity contribution is -0.0214. The summed E-state index contributed by atoms with van der Waals surface area (Å²) in [4.78, 5) is 14.8. The fourth-order valence-corrected chi connectivity index (χ4v) is 4.18. The Balaban J connectivity index is 1.33. The second-order valence-corrected chi connectivity index (χ2v) is 7.72. The molecule has 2 aliphatic heterocycles. The number of fused-ring (bicyclic) bond motifs is 2. The topological polar surface area (TPSA) is 88.5 Å². The van der Waals surface area contributed by atoms with E-state index in [1.54, 1.807) is 17.0 Å². The Morgan fingerprint density at radius 1 is 1.03 bits per heavy atom. The summed E-state index contributed by atoms with van der Waals surface area (Å²) in [6, 6.07) is 16.2. The standard InChI is InChI=1S/C24H23NO6/c26-17-9-8-15-4-1-2-5-16(15)22(17)24(28)25-11-10-19(18(27)14-25)31-21-7-3-6-20-23(21)30-13-12-29-20/h1-9,18-19,26-27H,10-14H2/t18-,19-/m1/s1. The number of nitrogens with zero attached hydrogens (tertiary/aromatic N) is 1. The van der Waals surface area contributed by atoms with Gasteiger partial charge in [-0.1, -0.05) is 36.4 Å². The summed E-state index contributed by atoms with van der Waals surface area (Å²) in [7, 11) is 0. The van der Waals surface area contributed by atoms with Gasteiger partial charge < -0.3 is 29.3 Å². The number of ether oxygens (including phenoxy) is 3. The largest absolute Gasteiger partial charge is 0.507 e. The van der Waals surface area contributed by atoms with E-state index in [1.165, 1.54) is 6.07 Å². The van der Waals surface area contributed by atoms with Gasteiger partial charge in [0.15, 0.2) is 11.5 Å². The zero-order valence-corrected chi connectivity index (χ0v) is 16.9. The van der Waals surface area contributed by atoms with E-state index in [4.69, 9.17) is 14.2 Å². The maximum Gasteiger partial charge on any atom is 0.258 e. The molecule has 2 N–H and O–H groups in total. The summed E-state index contributed by atoms with van der Waals surface area (Å²) < 4.78 is 17.3. The molecule has 7 nitrogen and oxygen atoms in total. The first-order valence-corrected chi connectivity index (χ1v) is 10.3. The van der Waals surface area contributed by atoms with Gasteiger partial charge in [0.1, 0.15) is 31.2 Å². The minimum absolute atomic E-state index is 0.0652. The van der Waals surface area contributed by atoms with Crippen molar-refractivity contribution in [2.75, 3.05) is 26.3 Å². The summed E-state index contributed by atoms with van der Waals surface area (Å²) in [6.07, 6.45) is -0.916. The van der Waals surface area contributed by atoms with E-state index in [0.29, 0.717) is 48.8 Å². The average molecular weight is 421 g/mol. The molecule has 0 aliphatic carbocycles. The minimum Gasteiger partial charge on any atom is -0.507 e. The molecule has 160 valence electrons. The molecule has 2 aliphatic rings. The van der Waals surface area contributed by atoms with E-state index in [-0.39, 0.29) is 23.8 Å². The molecule has 5 rings (SSSR count). The molecule has 2 heterocycles. The van der Waals surface area contributed by atoms with Crippen LogP contribution in [-0.4, -0.2) is 59.5 Å². The van der Waals surface area contributed by atoms with Crippen molar-refractivity contribution in [1.82, 2.24) is 4.90 Å². The molecule has 0 aromatic heterocycles. The van der Waals surface area contributed by atoms with Gasteiger partial charge in [-0.3, -0.25) is 4.79 Å². The quantitative estimate of drug-likeness (QED) is 0.676. The maximum absolute atomic E-state index is 13.2. The van der Waals surface area contributed by atoms with Crippen molar-refractivity contribution in [2.24, 2.45) is 0 Å². The van der Waals surface area contributed by atoms with Gasteiger partial charge in [-0.2, -0.15) is 0 Å². The van der Waals surface area contributed by atoms with Gasteiger partial charge in [-0.25, -0.2) is 0 Å². The Morgan fingerprint density at radius 3 is 2.74 bits per heavy atom. The van der Waals surface area contributed by atoms with Crippen LogP contribution < -0.4 is 14.2 Å². The van der Waals surface area contributed by atoms with E-state index < -0.39 is 12.2 Å². The highest BCUT2D eigenvalue weighted by Crippen LogP contribution is 2.40. The second kappa shape index (κ2) is 8.00. The molecule has 0 unspecified atom stereocenters. The third kappa shape index (κ3) is 3.61. The molecule has 3 aromatic rings. The summed E-state index contributed by atoms with van der Waals surface area (Å²) in [5.41, 5.74) is 0.257. The van der Waals surface area contributed by atoms with Crippen LogP contribution in [0.4, 0.5) is 0 Å². The molecular weight excluding hydrogens is 398 g/mol. The normalized spacial score (nSPS) is 20.5. The molecule has 3 aromatic carbocycles. The number of carbonyl (C=O) groups is 1. The molecule has 0 radical (unpaired) electrons. The number of aliphatic hydroxyl groups excluding tert-OH is 1. The molecule has 7 heteroatoms. The van der Waals surface area contributed by atoms with Crippen molar-refractivity contribution in [2.45, 2.75) is 18.6 Å². The Morgan fingerprint density at radius 2 is 1.87 bits per heavy atom. The average Bonchev–Trinajstić information content (AvgIpc) is 2.80. The number of phenols is 1. The number of aliphatic hydroxyl groups is 1. The van der Waals surface area contributed by atoms with Crippen LogP contribution in [-0.2, 0) is 0 Å². The molecule has 31 heavy (non-hydrogen) atoms. The van der Waals surface area contributed by atoms with Gasteiger partial charge in [0.25, 0.3) is 5.91 Å². The molecule has 0 saturated carbocycles. The summed E-state index contributed by atoms with van der Waals surface area (Å²) in [5.74, 6) is 1.32. The highest BCUT2D eigenvalue weighted by atomic mass is 16.6. The molecule has 1 saturated heterocycles. The molecule has 1 amide bonds. The van der Waals surface area contributed by atoms with Crippen molar-refractivity contribution >= 4 is 16.7 Å². The number of benzene rings is 3. The fourth-order valence-electron chi connectivity index (χ4n) is 4.18. The second-order valence-electron chi connectivity index (χ2n) is 7.72. The van der Waals surface area contributed by atoms with Gasteiger partial charge in [-0.15, -0.1) is 0 Å². The summed E-state index contributed by atoms with van der Waals surface area (Å²) in [5, 5.41) is 22.7. The Kier molecular flexibility index (Phi) is 5.03. The van der Waals surface area contributed by atoms with Crippen molar-refractivity contribution in [3.63, 3.8) is 0 Å². The van der Waals surface area contributed by atoms with Gasteiger partial charge >= 0.3 is 0 Å². The molecule has 1 fully saturated rings. The molecular formula is C24H23NO6. The number of amides is 1. The van der Waals surface area contributed by atoms with Crippen LogP contribution in [0, 0.1) is 0 Å². The number of β-amino-alcohol motifs (C(OH)–C–C–N with tert-alkyl or cyclic N) is 1. The molecule has 0 spiro atoms. The smallest absolute Gasteiger partial charge is 0.258 e. The fraction of sp³-hybridized carbons (Fsp3) is 0.292. The highest BCUT2D eigenvalue weighted by Gasteiger charge is 2.34. The van der Waals surface area contributed by atoms with Crippen LogP contribution in [0.1, 0.15) is 16.8 Å². The Labute approximate surface area is 179 Å². The van der Waals surface area contributed by atoms with E-state index in [2.05, 4.69) is 0 Å². The first-order chi connectivity index (χ1) is 15.1. The lowest BCUT2D eigenvalue weighted by Crippen LogP contribution is -2.51. The van der Waals surface area contributed by atoms with Crippen LogP contribution in [0.5, 0.6) is 23.0 Å². The monoisotopic (exact) mass is 421 g/mol. The predicted molar refractivity (Wildman–Crippen MR) is 114 cm³/mol. The van der Waals surface area contributed by atoms with Crippen LogP contribution >= 0.6 is 0 Å². The van der Waals surface area contributed by atoms with Crippen molar-refractivity contribution in [1.29, 1.82) is 0 Å². The van der Waals surface area contributed by atoms with Gasteiger partial charge in [0.05, 0.1) is 12.1 Å². The number of hydrogen-bond donors (Lipinski definition) is 2. The van der Waals surface area contributed by atoms with E-state index in [0.717, 1.165) is 5.39 Å². The van der Waals surface area contributed by atoms with E-state index in [9.17, 15) is 15.0 Å². The number of phenolic OH excluding ortho intramolecular Hbond substituents is 1. The number of likely N-dealkylation sites (tertiary alicyclic amines) is 1. The van der Waals surface area contributed by atoms with Crippen molar-refractivity contribution in [3.05, 3.63) is 60.2 Å². The third-order valence-electron chi connectivity index (χ3n) is 5.74. The zero-order valence-electron chi connectivity index (χ0n) is 16.9.